The summed E-state index contributed by atoms with van der Waals surface area (Å²) < 4.78 is 5.81. The molecule has 0 aromatic heterocycles. The maximum Gasteiger partial charge on any atom is 0.260 e. The number of carbonyl (C=O) groups excluding carboxylic acids is 1. The third-order valence-electron chi connectivity index (χ3n) is 5.18. The first-order valence-corrected chi connectivity index (χ1v) is 9.84. The summed E-state index contributed by atoms with van der Waals surface area (Å²) in [6.07, 6.45) is 1.93. The number of nitrogens with one attached hydrogen (secondary N) is 1. The van der Waals surface area contributed by atoms with Crippen molar-refractivity contribution in [1.82, 2.24) is 10.2 Å². The highest BCUT2D eigenvalue weighted by Gasteiger charge is 2.25. The number of carbonyl (C=O) groups is 1. The molecule has 0 spiro atoms. The van der Waals surface area contributed by atoms with Gasteiger partial charge in [0, 0.05) is 6.54 Å². The minimum atomic E-state index is -0.524. The molecule has 4 heteroatoms. The molecular formula is C23H30N2O2. The predicted octanol–water partition coefficient (Wildman–Crippen LogP) is 4.02. The number of likely N-dealkylation sites (tertiary alicyclic amines) is 1. The van der Waals surface area contributed by atoms with Gasteiger partial charge in [0.15, 0.2) is 6.10 Å². The van der Waals surface area contributed by atoms with E-state index in [0.717, 1.165) is 24.4 Å². The zero-order valence-electron chi connectivity index (χ0n) is 16.6. The fourth-order valence-electron chi connectivity index (χ4n) is 3.59. The van der Waals surface area contributed by atoms with Gasteiger partial charge in [-0.1, -0.05) is 42.0 Å². The minimum Gasteiger partial charge on any atom is -0.481 e. The average Bonchev–Trinajstić information content (AvgIpc) is 3.17. The number of rotatable bonds is 7. The Morgan fingerprint density at radius 1 is 1.07 bits per heavy atom. The summed E-state index contributed by atoms with van der Waals surface area (Å²) in [4.78, 5) is 15.1. The third kappa shape index (κ3) is 5.33. The molecular weight excluding hydrogens is 336 g/mol. The normalized spacial score (nSPS) is 16.7. The van der Waals surface area contributed by atoms with Crippen molar-refractivity contribution in [3.05, 3.63) is 65.2 Å². The van der Waals surface area contributed by atoms with Gasteiger partial charge in [-0.3, -0.25) is 9.69 Å². The molecule has 1 amide bonds. The van der Waals surface area contributed by atoms with Crippen LogP contribution in [0.15, 0.2) is 48.5 Å². The van der Waals surface area contributed by atoms with Gasteiger partial charge >= 0.3 is 0 Å². The van der Waals surface area contributed by atoms with Crippen LogP contribution in [0.25, 0.3) is 0 Å². The van der Waals surface area contributed by atoms with E-state index in [0.29, 0.717) is 6.54 Å². The second-order valence-electron chi connectivity index (χ2n) is 7.49. The summed E-state index contributed by atoms with van der Waals surface area (Å²) in [5, 5.41) is 3.10. The lowest BCUT2D eigenvalue weighted by Crippen LogP contribution is -2.42. The molecule has 2 unspecified atom stereocenters. The smallest absolute Gasteiger partial charge is 0.260 e. The van der Waals surface area contributed by atoms with Gasteiger partial charge in [-0.25, -0.2) is 0 Å². The molecule has 27 heavy (non-hydrogen) atoms. The van der Waals surface area contributed by atoms with E-state index in [1.54, 1.807) is 6.92 Å². The largest absolute Gasteiger partial charge is 0.481 e. The first-order chi connectivity index (χ1) is 13.0. The number of nitrogens with zero attached hydrogens (tertiary/aromatic N) is 1. The monoisotopic (exact) mass is 366 g/mol. The maximum atomic E-state index is 12.6. The average molecular weight is 367 g/mol. The van der Waals surface area contributed by atoms with Gasteiger partial charge < -0.3 is 10.1 Å². The summed E-state index contributed by atoms with van der Waals surface area (Å²) in [5.74, 6) is 0.653. The van der Waals surface area contributed by atoms with Gasteiger partial charge in [-0.2, -0.15) is 0 Å². The van der Waals surface area contributed by atoms with Crippen LogP contribution in [0.5, 0.6) is 5.75 Å². The van der Waals surface area contributed by atoms with Crippen molar-refractivity contribution in [1.29, 1.82) is 0 Å². The van der Waals surface area contributed by atoms with Crippen LogP contribution >= 0.6 is 0 Å². The molecule has 2 atom stereocenters. The lowest BCUT2D eigenvalue weighted by Gasteiger charge is -2.29. The number of ether oxygens (including phenoxy) is 1. The Morgan fingerprint density at radius 2 is 1.78 bits per heavy atom. The SMILES string of the molecule is Cc1ccc(C(CNC(=O)C(C)Oc2cccc(C)c2)N2CCCC2)cc1. The van der Waals surface area contributed by atoms with Crippen LogP contribution in [-0.4, -0.2) is 36.5 Å². The molecule has 1 fully saturated rings. The molecule has 0 aliphatic carbocycles. The van der Waals surface area contributed by atoms with Crippen LogP contribution in [0.1, 0.15) is 42.5 Å². The van der Waals surface area contributed by atoms with E-state index in [4.69, 9.17) is 4.74 Å². The molecule has 3 rings (SSSR count). The number of hydrogen-bond donors (Lipinski definition) is 1. The first kappa shape index (κ1) is 19.4. The van der Waals surface area contributed by atoms with E-state index in [9.17, 15) is 4.79 Å². The minimum absolute atomic E-state index is 0.0761. The van der Waals surface area contributed by atoms with Crippen molar-refractivity contribution < 1.29 is 9.53 Å². The Morgan fingerprint density at radius 3 is 2.44 bits per heavy atom. The lowest BCUT2D eigenvalue weighted by molar-refractivity contribution is -0.127. The zero-order valence-corrected chi connectivity index (χ0v) is 16.6. The van der Waals surface area contributed by atoms with Gasteiger partial charge in [-0.15, -0.1) is 0 Å². The Hall–Kier alpha value is -2.33. The predicted molar refractivity (Wildman–Crippen MR) is 109 cm³/mol. The molecule has 1 saturated heterocycles. The molecule has 144 valence electrons. The third-order valence-corrected chi connectivity index (χ3v) is 5.18. The quantitative estimate of drug-likeness (QED) is 0.805. The fourth-order valence-corrected chi connectivity index (χ4v) is 3.59. The van der Waals surface area contributed by atoms with Crippen molar-refractivity contribution in [2.24, 2.45) is 0 Å². The maximum absolute atomic E-state index is 12.6. The summed E-state index contributed by atoms with van der Waals surface area (Å²) in [7, 11) is 0. The van der Waals surface area contributed by atoms with Crippen LogP contribution in [0.3, 0.4) is 0 Å². The highest BCUT2D eigenvalue weighted by Crippen LogP contribution is 2.25. The van der Waals surface area contributed by atoms with Crippen molar-refractivity contribution in [2.45, 2.75) is 45.8 Å². The van der Waals surface area contributed by atoms with Crippen LogP contribution in [0, 0.1) is 13.8 Å². The molecule has 1 aliphatic heterocycles. The van der Waals surface area contributed by atoms with E-state index >= 15 is 0 Å². The van der Waals surface area contributed by atoms with E-state index in [-0.39, 0.29) is 11.9 Å². The van der Waals surface area contributed by atoms with E-state index in [2.05, 4.69) is 41.4 Å². The molecule has 0 radical (unpaired) electrons. The van der Waals surface area contributed by atoms with Gasteiger partial charge in [0.2, 0.25) is 0 Å². The van der Waals surface area contributed by atoms with Gasteiger partial charge in [0.05, 0.1) is 6.04 Å². The van der Waals surface area contributed by atoms with Crippen molar-refractivity contribution in [3.63, 3.8) is 0 Å². The van der Waals surface area contributed by atoms with E-state index in [1.807, 2.05) is 31.2 Å². The summed E-state index contributed by atoms with van der Waals surface area (Å²) in [6, 6.07) is 16.6. The standard InChI is InChI=1S/C23H30N2O2/c1-17-9-11-20(12-10-17)22(25-13-4-5-14-25)16-24-23(26)19(3)27-21-8-6-7-18(2)15-21/h6-12,15,19,22H,4-5,13-14,16H2,1-3H3,(H,24,26). The summed E-state index contributed by atoms with van der Waals surface area (Å²) >= 11 is 0. The first-order valence-electron chi connectivity index (χ1n) is 9.84. The van der Waals surface area contributed by atoms with Crippen LogP contribution < -0.4 is 10.1 Å². The molecule has 4 nitrogen and oxygen atoms in total. The molecule has 2 aromatic carbocycles. The lowest BCUT2D eigenvalue weighted by atomic mass is 10.0. The van der Waals surface area contributed by atoms with Crippen LogP contribution in [0.4, 0.5) is 0 Å². The van der Waals surface area contributed by atoms with E-state index < -0.39 is 6.10 Å². The number of aryl methyl sites for hydroxylation is 2. The van der Waals surface area contributed by atoms with Crippen LogP contribution in [-0.2, 0) is 4.79 Å². The summed E-state index contributed by atoms with van der Waals surface area (Å²) in [5.41, 5.74) is 3.63. The molecule has 2 aromatic rings. The van der Waals surface area contributed by atoms with Gasteiger partial charge in [0.25, 0.3) is 5.91 Å². The Labute approximate surface area is 162 Å². The molecule has 1 N–H and O–H groups in total. The Balaban J connectivity index is 1.61. The highest BCUT2D eigenvalue weighted by molar-refractivity contribution is 5.80. The topological polar surface area (TPSA) is 41.6 Å². The summed E-state index contributed by atoms with van der Waals surface area (Å²) in [6.45, 7) is 8.69. The van der Waals surface area contributed by atoms with Crippen molar-refractivity contribution in [3.8, 4) is 5.75 Å². The second kappa shape index (κ2) is 9.05. The van der Waals surface area contributed by atoms with Gasteiger partial charge in [-0.05, 0) is 70.0 Å². The molecule has 0 bridgehead atoms. The molecule has 1 heterocycles. The van der Waals surface area contributed by atoms with Crippen LogP contribution in [0.2, 0.25) is 0 Å². The van der Waals surface area contributed by atoms with E-state index in [1.165, 1.54) is 24.0 Å². The second-order valence-corrected chi connectivity index (χ2v) is 7.49. The Kier molecular flexibility index (Phi) is 6.51. The van der Waals surface area contributed by atoms with Gasteiger partial charge in [0.1, 0.15) is 5.75 Å². The highest BCUT2D eigenvalue weighted by atomic mass is 16.5. The fraction of sp³-hybridized carbons (Fsp3) is 0.435. The number of amides is 1. The molecule has 1 aliphatic rings. The number of benzene rings is 2. The van der Waals surface area contributed by atoms with Crippen molar-refractivity contribution >= 4 is 5.91 Å². The zero-order chi connectivity index (χ0) is 19.2. The number of hydrogen-bond acceptors (Lipinski definition) is 3. The molecule has 0 saturated carbocycles. The Bertz CT molecular complexity index is 751. The van der Waals surface area contributed by atoms with Crippen molar-refractivity contribution in [2.75, 3.05) is 19.6 Å².